The van der Waals surface area contributed by atoms with Gasteiger partial charge in [0.1, 0.15) is 11.5 Å². The van der Waals surface area contributed by atoms with E-state index >= 15 is 0 Å². The van der Waals surface area contributed by atoms with Crippen LogP contribution in [-0.2, 0) is 13.6 Å². The van der Waals surface area contributed by atoms with Gasteiger partial charge in [0.15, 0.2) is 0 Å². The molecule has 0 fully saturated rings. The number of benzene rings is 3. The molecule has 0 spiro atoms. The number of anilines is 1. The zero-order chi connectivity index (χ0) is 23.5. The summed E-state index contributed by atoms with van der Waals surface area (Å²) < 4.78 is 7.48. The number of hydrogen-bond donors (Lipinski definition) is 1. The van der Waals surface area contributed by atoms with Gasteiger partial charge < -0.3 is 19.3 Å². The van der Waals surface area contributed by atoms with E-state index in [1.54, 1.807) is 36.3 Å². The highest BCUT2D eigenvalue weighted by Crippen LogP contribution is 2.32. The highest BCUT2D eigenvalue weighted by molar-refractivity contribution is 6.11. The third-order valence-corrected chi connectivity index (χ3v) is 6.13. The van der Waals surface area contributed by atoms with Crippen molar-refractivity contribution in [3.05, 3.63) is 101 Å². The molecule has 1 N–H and O–H groups in total. The Labute approximate surface area is 194 Å². The molecule has 0 radical (unpaired) electrons. The molecular weight excluding hydrogens is 412 g/mol. The van der Waals surface area contributed by atoms with Gasteiger partial charge in [-0.3, -0.25) is 4.79 Å². The Bertz CT molecular complexity index is 1270. The summed E-state index contributed by atoms with van der Waals surface area (Å²) in [4.78, 5) is 15.9. The van der Waals surface area contributed by atoms with Crippen molar-refractivity contribution in [2.45, 2.75) is 20.4 Å². The summed E-state index contributed by atoms with van der Waals surface area (Å²) in [5.74, 6) is 0.843. The van der Waals surface area contributed by atoms with Crippen LogP contribution < -0.4 is 9.64 Å². The Kier molecular flexibility index (Phi) is 6.22. The fourth-order valence-corrected chi connectivity index (χ4v) is 4.10. The van der Waals surface area contributed by atoms with Crippen molar-refractivity contribution < 1.29 is 14.6 Å². The molecule has 4 aromatic rings. The smallest absolute Gasteiger partial charge is 0.261 e. The molecule has 3 aromatic carbocycles. The van der Waals surface area contributed by atoms with Crippen LogP contribution in [0.15, 0.2) is 79.0 Å². The zero-order valence-corrected chi connectivity index (χ0v) is 19.4. The van der Waals surface area contributed by atoms with Gasteiger partial charge in [0.05, 0.1) is 19.2 Å². The van der Waals surface area contributed by atoms with Crippen LogP contribution in [0.25, 0.3) is 11.1 Å². The van der Waals surface area contributed by atoms with E-state index in [1.165, 1.54) is 0 Å². The van der Waals surface area contributed by atoms with Gasteiger partial charge in [-0.2, -0.15) is 0 Å². The van der Waals surface area contributed by atoms with Crippen molar-refractivity contribution in [1.82, 2.24) is 4.57 Å². The molecule has 5 nitrogen and oxygen atoms in total. The number of methoxy groups -OCH3 is 1. The minimum Gasteiger partial charge on any atom is -0.508 e. The minimum atomic E-state index is -0.0973. The summed E-state index contributed by atoms with van der Waals surface area (Å²) in [5.41, 5.74) is 6.14. The zero-order valence-electron chi connectivity index (χ0n) is 19.4. The van der Waals surface area contributed by atoms with Crippen molar-refractivity contribution in [1.29, 1.82) is 0 Å². The maximum atomic E-state index is 14.1. The normalized spacial score (nSPS) is 10.8. The van der Waals surface area contributed by atoms with E-state index in [4.69, 9.17) is 4.74 Å². The van der Waals surface area contributed by atoms with E-state index in [2.05, 4.69) is 0 Å². The average molecular weight is 441 g/mol. The molecule has 0 atom stereocenters. The van der Waals surface area contributed by atoms with E-state index in [1.807, 2.05) is 80.2 Å². The number of aromatic hydroxyl groups is 1. The van der Waals surface area contributed by atoms with Crippen molar-refractivity contribution in [3.8, 4) is 22.6 Å². The number of rotatable bonds is 6. The largest absolute Gasteiger partial charge is 0.508 e. The quantitative estimate of drug-likeness (QED) is 0.408. The first-order valence-corrected chi connectivity index (χ1v) is 10.9. The predicted octanol–water partition coefficient (Wildman–Crippen LogP) is 5.87. The molecule has 0 aliphatic heterocycles. The lowest BCUT2D eigenvalue weighted by Gasteiger charge is -2.25. The Morgan fingerprint density at radius 1 is 0.970 bits per heavy atom. The molecule has 0 unspecified atom stereocenters. The summed E-state index contributed by atoms with van der Waals surface area (Å²) >= 11 is 0. The molecule has 5 heteroatoms. The van der Waals surface area contributed by atoms with Gasteiger partial charge in [0.25, 0.3) is 5.91 Å². The van der Waals surface area contributed by atoms with Crippen LogP contribution in [0.4, 0.5) is 5.69 Å². The molecule has 168 valence electrons. The topological polar surface area (TPSA) is 54.7 Å². The molecule has 0 aliphatic carbocycles. The number of carbonyl (C=O) groups excluding carboxylic acids is 1. The number of phenolic OH excluding ortho intramolecular Hbond substituents is 1. The Morgan fingerprint density at radius 3 is 2.33 bits per heavy atom. The van der Waals surface area contributed by atoms with E-state index in [9.17, 15) is 9.90 Å². The predicted molar refractivity (Wildman–Crippen MR) is 132 cm³/mol. The van der Waals surface area contributed by atoms with Gasteiger partial charge >= 0.3 is 0 Å². The van der Waals surface area contributed by atoms with Gasteiger partial charge in [-0.15, -0.1) is 0 Å². The summed E-state index contributed by atoms with van der Waals surface area (Å²) in [6.07, 6.45) is 2.00. The van der Waals surface area contributed by atoms with E-state index in [0.717, 1.165) is 33.7 Å². The fraction of sp³-hybridized carbons (Fsp3) is 0.179. The molecule has 0 aliphatic rings. The maximum Gasteiger partial charge on any atom is 0.261 e. The van der Waals surface area contributed by atoms with Crippen LogP contribution in [0.3, 0.4) is 0 Å². The van der Waals surface area contributed by atoms with Gasteiger partial charge in [-0.05, 0) is 60.9 Å². The molecule has 0 saturated heterocycles. The van der Waals surface area contributed by atoms with Crippen molar-refractivity contribution in [2.75, 3.05) is 12.0 Å². The molecule has 1 heterocycles. The molecule has 4 rings (SSSR count). The van der Waals surface area contributed by atoms with Crippen molar-refractivity contribution in [2.24, 2.45) is 7.05 Å². The minimum absolute atomic E-state index is 0.0973. The Morgan fingerprint density at radius 2 is 1.67 bits per heavy atom. The fourth-order valence-electron chi connectivity index (χ4n) is 4.10. The second-order valence-electron chi connectivity index (χ2n) is 8.13. The highest BCUT2D eigenvalue weighted by Gasteiger charge is 2.26. The van der Waals surface area contributed by atoms with E-state index < -0.39 is 0 Å². The van der Waals surface area contributed by atoms with Gasteiger partial charge in [0, 0.05) is 30.2 Å². The van der Waals surface area contributed by atoms with Crippen LogP contribution in [0, 0.1) is 13.8 Å². The number of amides is 1. The molecule has 0 saturated carbocycles. The SMILES string of the molecule is COc1cccc(CN(C(=O)c2c(-c3ccccc3)cn(C)c2C)c2ccc(O)cc2)c1C. The summed E-state index contributed by atoms with van der Waals surface area (Å²) in [5, 5.41) is 9.81. The highest BCUT2D eigenvalue weighted by atomic mass is 16.5. The molecule has 1 amide bonds. The number of ether oxygens (including phenoxy) is 1. The third-order valence-electron chi connectivity index (χ3n) is 6.13. The second kappa shape index (κ2) is 9.25. The molecule has 0 bridgehead atoms. The first-order valence-electron chi connectivity index (χ1n) is 10.9. The molecular formula is C28H28N2O3. The van der Waals surface area contributed by atoms with Crippen LogP contribution >= 0.6 is 0 Å². The van der Waals surface area contributed by atoms with Crippen molar-refractivity contribution in [3.63, 3.8) is 0 Å². The van der Waals surface area contributed by atoms with Crippen LogP contribution in [0.5, 0.6) is 11.5 Å². The standard InChI is InChI=1S/C28H28N2O3/c1-19-22(11-8-12-26(19)33-4)17-30(23-13-15-24(31)16-14-23)28(32)27-20(2)29(3)18-25(27)21-9-6-5-7-10-21/h5-16,18,31H,17H2,1-4H3. The summed E-state index contributed by atoms with van der Waals surface area (Å²) in [6.45, 7) is 4.33. The number of phenols is 1. The number of hydrogen-bond acceptors (Lipinski definition) is 3. The maximum absolute atomic E-state index is 14.1. The van der Waals surface area contributed by atoms with Crippen LogP contribution in [0.2, 0.25) is 0 Å². The summed E-state index contributed by atoms with van der Waals surface area (Å²) in [6, 6.07) is 22.5. The number of nitrogens with zero attached hydrogens (tertiary/aromatic N) is 2. The lowest BCUT2D eigenvalue weighted by atomic mass is 10.0. The number of aromatic nitrogens is 1. The average Bonchev–Trinajstić information content (AvgIpc) is 3.13. The van der Waals surface area contributed by atoms with Crippen LogP contribution in [-0.4, -0.2) is 22.7 Å². The second-order valence-corrected chi connectivity index (χ2v) is 8.13. The van der Waals surface area contributed by atoms with Crippen LogP contribution in [0.1, 0.15) is 27.2 Å². The van der Waals surface area contributed by atoms with Gasteiger partial charge in [-0.1, -0.05) is 42.5 Å². The Balaban J connectivity index is 1.84. The lowest BCUT2D eigenvalue weighted by molar-refractivity contribution is 0.0985. The van der Waals surface area contributed by atoms with Gasteiger partial charge in [0.2, 0.25) is 0 Å². The van der Waals surface area contributed by atoms with Gasteiger partial charge in [-0.25, -0.2) is 0 Å². The molecule has 1 aromatic heterocycles. The van der Waals surface area contributed by atoms with E-state index in [-0.39, 0.29) is 11.7 Å². The van der Waals surface area contributed by atoms with Crippen molar-refractivity contribution >= 4 is 11.6 Å². The summed E-state index contributed by atoms with van der Waals surface area (Å²) in [7, 11) is 3.60. The Hall–Kier alpha value is -3.99. The molecule has 33 heavy (non-hydrogen) atoms. The third kappa shape index (κ3) is 4.35. The van der Waals surface area contributed by atoms with E-state index in [0.29, 0.717) is 17.8 Å². The first kappa shape index (κ1) is 22.2. The monoisotopic (exact) mass is 440 g/mol. The number of aryl methyl sites for hydroxylation is 1. The number of carbonyl (C=O) groups is 1. The first-order chi connectivity index (χ1) is 15.9. The lowest BCUT2D eigenvalue weighted by Crippen LogP contribution is -2.31.